The molecule has 0 radical (unpaired) electrons. The summed E-state index contributed by atoms with van der Waals surface area (Å²) in [5.74, 6) is -0.363. The Hall–Kier alpha value is -4.36. The highest BCUT2D eigenvalue weighted by molar-refractivity contribution is 6.32. The first-order chi connectivity index (χ1) is 20.5. The normalized spacial score (nSPS) is 12.4. The fourth-order valence-corrected chi connectivity index (χ4v) is 6.05. The third-order valence-electron chi connectivity index (χ3n) is 8.15. The van der Waals surface area contributed by atoms with Crippen LogP contribution in [0, 0.1) is 27.7 Å². The molecule has 1 heterocycles. The highest BCUT2D eigenvalue weighted by atomic mass is 35.5. The van der Waals surface area contributed by atoms with Crippen LogP contribution >= 0.6 is 11.6 Å². The van der Waals surface area contributed by atoms with Crippen LogP contribution in [0.5, 0.6) is 5.75 Å². The maximum atomic E-state index is 13.7. The van der Waals surface area contributed by atoms with Crippen LogP contribution < -0.4 is 10.1 Å². The summed E-state index contributed by atoms with van der Waals surface area (Å²) < 4.78 is 7.98. The molecule has 1 aromatic heterocycles. The molecule has 0 bridgehead atoms. The molecule has 0 atom stereocenters. The third kappa shape index (κ3) is 6.22. The van der Waals surface area contributed by atoms with E-state index in [0.29, 0.717) is 19.4 Å². The van der Waals surface area contributed by atoms with Crippen LogP contribution in [0.25, 0.3) is 16.7 Å². The molecule has 1 aliphatic carbocycles. The molecule has 2 N–H and O–H groups in total. The Kier molecular flexibility index (Phi) is 8.74. The average Bonchev–Trinajstić information content (AvgIpc) is 3.48. The number of nitrogens with zero attached hydrogens (tertiary/aromatic N) is 2. The number of aromatic carboxylic acids is 1. The van der Waals surface area contributed by atoms with Crippen molar-refractivity contribution in [1.29, 1.82) is 0 Å². The second-order valence-electron chi connectivity index (χ2n) is 11.1. The van der Waals surface area contributed by atoms with E-state index in [1.165, 1.54) is 0 Å². The molecular weight excluding hydrogens is 562 g/mol. The number of nitrogens with one attached hydrogen (secondary N) is 1. The highest BCUT2D eigenvalue weighted by Gasteiger charge is 2.29. The van der Waals surface area contributed by atoms with Crippen molar-refractivity contribution in [2.24, 2.45) is 7.05 Å². The number of allylic oxidation sites excluding steroid dienone is 1. The summed E-state index contributed by atoms with van der Waals surface area (Å²) in [6.45, 7) is 8.74. The summed E-state index contributed by atoms with van der Waals surface area (Å²) in [7, 11) is 1.95. The van der Waals surface area contributed by atoms with Gasteiger partial charge < -0.3 is 15.2 Å². The number of hydrogen-bond acceptors (Lipinski definition) is 4. The van der Waals surface area contributed by atoms with Crippen molar-refractivity contribution in [3.05, 3.63) is 110 Å². The predicted molar refractivity (Wildman–Crippen MR) is 170 cm³/mol. The van der Waals surface area contributed by atoms with Gasteiger partial charge in [0, 0.05) is 41.9 Å². The molecule has 0 saturated carbocycles. The van der Waals surface area contributed by atoms with E-state index in [2.05, 4.69) is 29.5 Å². The van der Waals surface area contributed by atoms with E-state index < -0.39 is 5.97 Å². The first kappa shape index (κ1) is 30.1. The van der Waals surface area contributed by atoms with Gasteiger partial charge in [-0.2, -0.15) is 5.10 Å². The quantitative estimate of drug-likeness (QED) is 0.189. The topological polar surface area (TPSA) is 93.4 Å². The lowest BCUT2D eigenvalue weighted by molar-refractivity contribution is -0.117. The number of carbonyl (C=O) groups is 2. The van der Waals surface area contributed by atoms with Crippen LogP contribution in [0.3, 0.4) is 0 Å². The molecule has 0 unspecified atom stereocenters. The molecule has 5 rings (SSSR count). The summed E-state index contributed by atoms with van der Waals surface area (Å²) in [4.78, 5) is 25.1. The van der Waals surface area contributed by atoms with Crippen molar-refractivity contribution in [3.63, 3.8) is 0 Å². The van der Waals surface area contributed by atoms with E-state index >= 15 is 0 Å². The summed E-state index contributed by atoms with van der Waals surface area (Å²) >= 11 is 6.32. The van der Waals surface area contributed by atoms with Crippen LogP contribution in [0.15, 0.2) is 60.2 Å². The van der Waals surface area contributed by atoms with Crippen molar-refractivity contribution in [3.8, 4) is 16.9 Å². The van der Waals surface area contributed by atoms with Gasteiger partial charge in [0.2, 0.25) is 5.91 Å². The van der Waals surface area contributed by atoms with E-state index in [1.54, 1.807) is 18.2 Å². The summed E-state index contributed by atoms with van der Waals surface area (Å²) in [6, 6.07) is 16.8. The Morgan fingerprint density at radius 3 is 2.40 bits per heavy atom. The minimum Gasteiger partial charge on any atom is -0.494 e. The van der Waals surface area contributed by atoms with Crippen LogP contribution in [0.2, 0.25) is 5.02 Å². The number of carboxylic acid groups (broad SMARTS) is 1. The monoisotopic (exact) mass is 597 g/mol. The SMILES string of the molecule is Cc1cc(OCCCC2=C(C(=O)NCc3cccc(C(=O)O)c3)Cc3c2cccc3-c2c(C)nn(C)c2C)cc(C)c1Cl. The zero-order chi connectivity index (χ0) is 30.8. The highest BCUT2D eigenvalue weighted by Crippen LogP contribution is 2.42. The molecule has 222 valence electrons. The van der Waals surface area contributed by atoms with Gasteiger partial charge in [-0.3, -0.25) is 9.48 Å². The zero-order valence-corrected chi connectivity index (χ0v) is 25.9. The smallest absolute Gasteiger partial charge is 0.335 e. The number of rotatable bonds is 10. The molecule has 0 fully saturated rings. The number of carboxylic acids is 1. The molecule has 43 heavy (non-hydrogen) atoms. The number of amides is 1. The molecule has 0 saturated heterocycles. The Balaban J connectivity index is 1.41. The standard InChI is InChI=1S/C35H36ClN3O4/c1-20-15-26(16-21(2)33(20)36)43-14-8-13-28-27-11-7-12-29(32-22(3)38-39(5)23(32)4)30(27)18-31(28)34(40)37-19-24-9-6-10-25(17-24)35(41)42/h6-7,9-12,15-17H,8,13-14,18-19H2,1-5H3,(H,37,40)(H,41,42). The van der Waals surface area contributed by atoms with E-state index in [4.69, 9.17) is 16.3 Å². The van der Waals surface area contributed by atoms with Crippen molar-refractivity contribution < 1.29 is 19.4 Å². The van der Waals surface area contributed by atoms with Crippen LogP contribution in [0.1, 0.15) is 62.4 Å². The summed E-state index contributed by atoms with van der Waals surface area (Å²) in [5, 5.41) is 17.8. The number of benzene rings is 3. The van der Waals surface area contributed by atoms with Gasteiger partial charge >= 0.3 is 5.97 Å². The molecule has 1 aliphatic rings. The number of carbonyl (C=O) groups excluding carboxylic acids is 1. The largest absolute Gasteiger partial charge is 0.494 e. The average molecular weight is 598 g/mol. The first-order valence-electron chi connectivity index (χ1n) is 14.4. The van der Waals surface area contributed by atoms with E-state index in [-0.39, 0.29) is 18.0 Å². The Bertz CT molecular complexity index is 1750. The lowest BCUT2D eigenvalue weighted by Gasteiger charge is -2.13. The molecule has 0 spiro atoms. The first-order valence-corrected chi connectivity index (χ1v) is 14.8. The van der Waals surface area contributed by atoms with Gasteiger partial charge in [-0.05, 0) is 104 Å². The van der Waals surface area contributed by atoms with E-state index in [0.717, 1.165) is 78.7 Å². The van der Waals surface area contributed by atoms with Crippen molar-refractivity contribution in [2.75, 3.05) is 6.61 Å². The predicted octanol–water partition coefficient (Wildman–Crippen LogP) is 7.16. The van der Waals surface area contributed by atoms with Crippen LogP contribution in [-0.4, -0.2) is 33.4 Å². The lowest BCUT2D eigenvalue weighted by atomic mass is 9.93. The van der Waals surface area contributed by atoms with Gasteiger partial charge in [0.05, 0.1) is 17.9 Å². The molecule has 0 aliphatic heterocycles. The molecule has 1 amide bonds. The lowest BCUT2D eigenvalue weighted by Crippen LogP contribution is -2.25. The maximum absolute atomic E-state index is 13.7. The van der Waals surface area contributed by atoms with Gasteiger partial charge in [-0.15, -0.1) is 0 Å². The zero-order valence-electron chi connectivity index (χ0n) is 25.2. The van der Waals surface area contributed by atoms with Crippen molar-refractivity contribution in [1.82, 2.24) is 15.1 Å². The van der Waals surface area contributed by atoms with Crippen molar-refractivity contribution >= 4 is 29.1 Å². The molecule has 7 nitrogen and oxygen atoms in total. The Morgan fingerprint density at radius 2 is 1.72 bits per heavy atom. The number of ether oxygens (including phenoxy) is 1. The number of hydrogen-bond donors (Lipinski definition) is 2. The van der Waals surface area contributed by atoms with Gasteiger partial charge in [0.1, 0.15) is 5.75 Å². The minimum absolute atomic E-state index is 0.151. The summed E-state index contributed by atoms with van der Waals surface area (Å²) in [5.41, 5.74) is 11.0. The molecule has 3 aromatic carbocycles. The Morgan fingerprint density at radius 1 is 1.02 bits per heavy atom. The minimum atomic E-state index is -0.996. The molecular formula is C35H36ClN3O4. The number of aromatic nitrogens is 2. The number of fused-ring (bicyclic) bond motifs is 1. The van der Waals surface area contributed by atoms with Crippen molar-refractivity contribution in [2.45, 2.75) is 53.5 Å². The third-order valence-corrected chi connectivity index (χ3v) is 8.74. The van der Waals surface area contributed by atoms with E-state index in [9.17, 15) is 14.7 Å². The fraction of sp³-hybridized carbons (Fsp3) is 0.286. The van der Waals surface area contributed by atoms with Crippen LogP contribution in [-0.2, 0) is 24.8 Å². The van der Waals surface area contributed by atoms with E-state index in [1.807, 2.05) is 56.8 Å². The second kappa shape index (κ2) is 12.5. The number of halogens is 1. The number of aryl methyl sites for hydroxylation is 4. The van der Waals surface area contributed by atoms with Gasteiger partial charge in [-0.25, -0.2) is 4.79 Å². The van der Waals surface area contributed by atoms with Gasteiger partial charge in [-0.1, -0.05) is 41.9 Å². The van der Waals surface area contributed by atoms with Gasteiger partial charge in [0.15, 0.2) is 0 Å². The Labute approximate surface area is 257 Å². The van der Waals surface area contributed by atoms with Gasteiger partial charge in [0.25, 0.3) is 0 Å². The second-order valence-corrected chi connectivity index (χ2v) is 11.5. The molecule has 8 heteroatoms. The molecule has 4 aromatic rings. The fourth-order valence-electron chi connectivity index (χ4n) is 5.94. The maximum Gasteiger partial charge on any atom is 0.335 e. The van der Waals surface area contributed by atoms with Crippen LogP contribution in [0.4, 0.5) is 0 Å². The summed E-state index contributed by atoms with van der Waals surface area (Å²) in [6.07, 6.45) is 1.90.